The number of benzene rings is 2. The zero-order valence-electron chi connectivity index (χ0n) is 12.6. The van der Waals surface area contributed by atoms with Crippen LogP contribution in [-0.2, 0) is 6.54 Å². The third kappa shape index (κ3) is 2.18. The average molecular weight is 316 g/mol. The van der Waals surface area contributed by atoms with Crippen molar-refractivity contribution >= 4 is 29.0 Å². The van der Waals surface area contributed by atoms with Crippen LogP contribution in [0.3, 0.4) is 0 Å². The number of carbonyl (C=O) groups excluding carboxylic acids is 3. The van der Waals surface area contributed by atoms with Gasteiger partial charge in [0.1, 0.15) is 5.69 Å². The van der Waals surface area contributed by atoms with Crippen LogP contribution in [0, 0.1) is 0 Å². The number of aldehydes is 1. The molecule has 0 saturated heterocycles. The molecule has 5 nitrogen and oxygen atoms in total. The van der Waals surface area contributed by atoms with Gasteiger partial charge in [0.2, 0.25) is 0 Å². The van der Waals surface area contributed by atoms with Gasteiger partial charge in [-0.2, -0.15) is 0 Å². The van der Waals surface area contributed by atoms with Gasteiger partial charge >= 0.3 is 0 Å². The Bertz CT molecular complexity index is 975. The lowest BCUT2D eigenvalue weighted by Gasteiger charge is -2.14. The maximum absolute atomic E-state index is 12.4. The fourth-order valence-electron chi connectivity index (χ4n) is 2.92. The first-order valence-electron chi connectivity index (χ1n) is 7.47. The van der Waals surface area contributed by atoms with Gasteiger partial charge in [0, 0.05) is 5.39 Å². The standard InChI is InChI=1S/C19H12N2O3/c22-11-14-7-6-13-9-12(5-8-17(13)20-14)10-21-18(23)15-3-1-2-4-16(15)19(21)24/h1-9,11H,10H2. The Kier molecular flexibility index (Phi) is 3.20. The van der Waals surface area contributed by atoms with Crippen molar-refractivity contribution in [3.63, 3.8) is 0 Å². The molecule has 2 heterocycles. The molecule has 0 aliphatic carbocycles. The summed E-state index contributed by atoms with van der Waals surface area (Å²) in [5.74, 6) is -0.546. The van der Waals surface area contributed by atoms with E-state index in [1.165, 1.54) is 4.90 Å². The number of fused-ring (bicyclic) bond motifs is 2. The van der Waals surface area contributed by atoms with Crippen LogP contribution in [0.15, 0.2) is 54.6 Å². The van der Waals surface area contributed by atoms with Crippen LogP contribution >= 0.6 is 0 Å². The summed E-state index contributed by atoms with van der Waals surface area (Å²) in [5.41, 5.74) is 2.79. The summed E-state index contributed by atoms with van der Waals surface area (Å²) in [5, 5.41) is 0.856. The zero-order valence-corrected chi connectivity index (χ0v) is 12.6. The number of amides is 2. The van der Waals surface area contributed by atoms with Crippen molar-refractivity contribution in [3.8, 4) is 0 Å². The molecule has 4 rings (SSSR count). The van der Waals surface area contributed by atoms with E-state index in [4.69, 9.17) is 0 Å². The fraction of sp³-hybridized carbons (Fsp3) is 0.0526. The Morgan fingerprint density at radius 3 is 2.29 bits per heavy atom. The highest BCUT2D eigenvalue weighted by Crippen LogP contribution is 2.25. The van der Waals surface area contributed by atoms with E-state index >= 15 is 0 Å². The van der Waals surface area contributed by atoms with Gasteiger partial charge < -0.3 is 0 Å². The summed E-state index contributed by atoms with van der Waals surface area (Å²) >= 11 is 0. The summed E-state index contributed by atoms with van der Waals surface area (Å²) < 4.78 is 0. The van der Waals surface area contributed by atoms with Crippen molar-refractivity contribution in [2.75, 3.05) is 0 Å². The first-order chi connectivity index (χ1) is 11.7. The smallest absolute Gasteiger partial charge is 0.261 e. The monoisotopic (exact) mass is 316 g/mol. The summed E-state index contributed by atoms with van der Waals surface area (Å²) in [7, 11) is 0. The van der Waals surface area contributed by atoms with Crippen molar-refractivity contribution in [2.24, 2.45) is 0 Å². The largest absolute Gasteiger partial charge is 0.296 e. The Hall–Kier alpha value is -3.34. The Morgan fingerprint density at radius 2 is 1.62 bits per heavy atom. The van der Waals surface area contributed by atoms with Crippen LogP contribution in [-0.4, -0.2) is 28.0 Å². The molecule has 0 atom stereocenters. The van der Waals surface area contributed by atoms with Gasteiger partial charge in [0.05, 0.1) is 23.2 Å². The molecule has 116 valence electrons. The number of hydrogen-bond donors (Lipinski definition) is 0. The molecule has 0 N–H and O–H groups in total. The van der Waals surface area contributed by atoms with E-state index in [1.54, 1.807) is 42.5 Å². The predicted molar refractivity (Wildman–Crippen MR) is 87.8 cm³/mol. The first kappa shape index (κ1) is 14.3. The van der Waals surface area contributed by atoms with Crippen molar-refractivity contribution in [1.82, 2.24) is 9.88 Å². The van der Waals surface area contributed by atoms with Crippen molar-refractivity contribution in [3.05, 3.63) is 77.0 Å². The van der Waals surface area contributed by atoms with Gasteiger partial charge in [-0.3, -0.25) is 19.3 Å². The molecule has 1 aliphatic heterocycles. The molecule has 0 spiro atoms. The molecule has 0 bridgehead atoms. The number of imide groups is 1. The van der Waals surface area contributed by atoms with E-state index in [2.05, 4.69) is 4.98 Å². The molecule has 3 aromatic rings. The maximum atomic E-state index is 12.4. The molecular weight excluding hydrogens is 304 g/mol. The SMILES string of the molecule is O=Cc1ccc2cc(CN3C(=O)c4ccccc4C3=O)ccc2n1. The molecule has 1 aliphatic rings. The highest BCUT2D eigenvalue weighted by Gasteiger charge is 2.34. The lowest BCUT2D eigenvalue weighted by molar-refractivity contribution is 0.0642. The van der Waals surface area contributed by atoms with E-state index in [9.17, 15) is 14.4 Å². The zero-order chi connectivity index (χ0) is 16.7. The minimum Gasteiger partial charge on any atom is -0.296 e. The van der Waals surface area contributed by atoms with Crippen LogP contribution in [0.4, 0.5) is 0 Å². The van der Waals surface area contributed by atoms with Crippen LogP contribution < -0.4 is 0 Å². The number of rotatable bonds is 3. The minimum atomic E-state index is -0.273. The van der Waals surface area contributed by atoms with Crippen LogP contribution in [0.25, 0.3) is 10.9 Å². The van der Waals surface area contributed by atoms with Gasteiger partial charge in [-0.15, -0.1) is 0 Å². The van der Waals surface area contributed by atoms with E-state index in [0.717, 1.165) is 10.9 Å². The van der Waals surface area contributed by atoms with Crippen molar-refractivity contribution < 1.29 is 14.4 Å². The highest BCUT2D eigenvalue weighted by atomic mass is 16.2. The molecule has 2 aromatic carbocycles. The maximum Gasteiger partial charge on any atom is 0.261 e. The molecule has 0 radical (unpaired) electrons. The van der Waals surface area contributed by atoms with E-state index < -0.39 is 0 Å². The lowest BCUT2D eigenvalue weighted by Crippen LogP contribution is -2.29. The third-order valence-corrected chi connectivity index (χ3v) is 4.11. The number of carbonyl (C=O) groups is 3. The molecule has 5 heteroatoms. The number of pyridine rings is 1. The average Bonchev–Trinajstić information content (AvgIpc) is 2.86. The second-order valence-electron chi connectivity index (χ2n) is 5.62. The highest BCUT2D eigenvalue weighted by molar-refractivity contribution is 6.21. The van der Waals surface area contributed by atoms with E-state index in [-0.39, 0.29) is 18.4 Å². The molecule has 0 unspecified atom stereocenters. The van der Waals surface area contributed by atoms with E-state index in [1.807, 2.05) is 12.1 Å². The summed E-state index contributed by atoms with van der Waals surface area (Å²) in [6.45, 7) is 0.206. The molecule has 0 saturated carbocycles. The summed E-state index contributed by atoms with van der Waals surface area (Å²) in [6, 6.07) is 15.8. The Morgan fingerprint density at radius 1 is 0.917 bits per heavy atom. The molecule has 0 fully saturated rings. The van der Waals surface area contributed by atoms with Gasteiger partial charge in [0.15, 0.2) is 6.29 Å². The number of aromatic nitrogens is 1. The van der Waals surface area contributed by atoms with Crippen LogP contribution in [0.1, 0.15) is 36.8 Å². The second-order valence-corrected chi connectivity index (χ2v) is 5.62. The minimum absolute atomic E-state index is 0.206. The van der Waals surface area contributed by atoms with Crippen molar-refractivity contribution in [1.29, 1.82) is 0 Å². The quantitative estimate of drug-likeness (QED) is 0.550. The van der Waals surface area contributed by atoms with Crippen LogP contribution in [0.2, 0.25) is 0 Å². The lowest BCUT2D eigenvalue weighted by atomic mass is 10.1. The Labute approximate surface area is 137 Å². The first-order valence-corrected chi connectivity index (χ1v) is 7.47. The van der Waals surface area contributed by atoms with E-state index in [0.29, 0.717) is 28.6 Å². The summed E-state index contributed by atoms with van der Waals surface area (Å²) in [4.78, 5) is 41.1. The van der Waals surface area contributed by atoms with Gasteiger partial charge in [-0.05, 0) is 35.9 Å². The third-order valence-electron chi connectivity index (χ3n) is 4.11. The van der Waals surface area contributed by atoms with Gasteiger partial charge in [-0.25, -0.2) is 4.98 Å². The van der Waals surface area contributed by atoms with Crippen LogP contribution in [0.5, 0.6) is 0 Å². The molecule has 1 aromatic heterocycles. The molecule has 24 heavy (non-hydrogen) atoms. The summed E-state index contributed by atoms with van der Waals surface area (Å²) in [6.07, 6.45) is 0.701. The fourth-order valence-corrected chi connectivity index (χ4v) is 2.92. The van der Waals surface area contributed by atoms with Crippen molar-refractivity contribution in [2.45, 2.75) is 6.54 Å². The predicted octanol–water partition coefficient (Wildman–Crippen LogP) is 2.84. The van der Waals surface area contributed by atoms with Gasteiger partial charge in [0.25, 0.3) is 11.8 Å². The topological polar surface area (TPSA) is 67.3 Å². The normalized spacial score (nSPS) is 13.4. The van der Waals surface area contributed by atoms with Gasteiger partial charge in [-0.1, -0.05) is 24.3 Å². The number of hydrogen-bond acceptors (Lipinski definition) is 4. The molecular formula is C19H12N2O3. The Balaban J connectivity index is 1.67. The number of nitrogens with zero attached hydrogens (tertiary/aromatic N) is 2. The second kappa shape index (κ2) is 5.38. The molecule has 2 amide bonds.